The average molecular weight is 517 g/mol. The van der Waals surface area contributed by atoms with E-state index in [0.29, 0.717) is 41.3 Å². The van der Waals surface area contributed by atoms with E-state index in [4.69, 9.17) is 9.47 Å². The molecule has 0 atom stereocenters. The molecule has 0 aliphatic carbocycles. The number of nitrogens with zero attached hydrogens (tertiary/aromatic N) is 2. The van der Waals surface area contributed by atoms with Crippen molar-refractivity contribution in [2.45, 2.75) is 24.8 Å². The molecule has 0 saturated carbocycles. The van der Waals surface area contributed by atoms with Crippen LogP contribution in [0.5, 0.6) is 11.6 Å². The number of methoxy groups -OCH3 is 1. The summed E-state index contributed by atoms with van der Waals surface area (Å²) in [4.78, 5) is 21.9. The van der Waals surface area contributed by atoms with Crippen LogP contribution in [0.1, 0.15) is 28.4 Å². The fourth-order valence-corrected chi connectivity index (χ4v) is 5.09. The number of anilines is 2. The Labute approximate surface area is 214 Å². The number of amides is 1. The molecule has 0 radical (unpaired) electrons. The van der Waals surface area contributed by atoms with E-state index >= 15 is 0 Å². The van der Waals surface area contributed by atoms with E-state index in [9.17, 15) is 13.2 Å². The maximum Gasteiger partial charge on any atom is 0.264 e. The SMILES string of the molecule is CCc1c2nc(nc1-c1ccccc1COC)NS(=O)(=O)c1cccc(c1)NC(=O)c1cccc(c1)O2. The number of ether oxygens (including phenoxy) is 2. The van der Waals surface area contributed by atoms with Crippen LogP contribution in [0, 0.1) is 0 Å². The molecule has 10 heteroatoms. The second kappa shape index (κ2) is 10.00. The minimum atomic E-state index is -4.09. The molecule has 1 aromatic heterocycles. The van der Waals surface area contributed by atoms with Gasteiger partial charge < -0.3 is 14.8 Å². The van der Waals surface area contributed by atoms with Crippen molar-refractivity contribution in [1.82, 2.24) is 9.97 Å². The molecule has 188 valence electrons. The largest absolute Gasteiger partial charge is 0.439 e. The lowest BCUT2D eigenvalue weighted by atomic mass is 10.00. The van der Waals surface area contributed by atoms with E-state index in [1.807, 2.05) is 31.2 Å². The Morgan fingerprint density at radius 2 is 1.78 bits per heavy atom. The first-order chi connectivity index (χ1) is 17.9. The van der Waals surface area contributed by atoms with E-state index in [0.717, 1.165) is 11.1 Å². The maximum atomic E-state index is 13.3. The maximum absolute atomic E-state index is 13.3. The number of hydrogen-bond donors (Lipinski definition) is 2. The topological polar surface area (TPSA) is 120 Å². The van der Waals surface area contributed by atoms with Crippen LogP contribution in [0.15, 0.2) is 77.7 Å². The van der Waals surface area contributed by atoms with Crippen LogP contribution < -0.4 is 14.8 Å². The van der Waals surface area contributed by atoms with Gasteiger partial charge in [0.05, 0.1) is 17.2 Å². The number of rotatable bonds is 4. The Hall–Kier alpha value is -4.28. The molecular formula is C27H24N4O5S. The molecule has 9 nitrogen and oxygen atoms in total. The molecule has 2 heterocycles. The highest BCUT2D eigenvalue weighted by Crippen LogP contribution is 2.35. The zero-order valence-corrected chi connectivity index (χ0v) is 21.0. The quantitative estimate of drug-likeness (QED) is 0.391. The Bertz CT molecular complexity index is 1600. The molecule has 4 aromatic rings. The molecule has 5 rings (SSSR count). The highest BCUT2D eigenvalue weighted by molar-refractivity contribution is 7.92. The summed E-state index contributed by atoms with van der Waals surface area (Å²) in [5.41, 5.74) is 3.51. The summed E-state index contributed by atoms with van der Waals surface area (Å²) >= 11 is 0. The highest BCUT2D eigenvalue weighted by Gasteiger charge is 2.23. The number of carbonyl (C=O) groups excluding carboxylic acids is 1. The van der Waals surface area contributed by atoms with Gasteiger partial charge in [0.2, 0.25) is 11.8 Å². The van der Waals surface area contributed by atoms with E-state index in [1.54, 1.807) is 43.5 Å². The zero-order chi connectivity index (χ0) is 26.0. The first kappa shape index (κ1) is 24.4. The second-order valence-electron chi connectivity index (χ2n) is 8.34. The van der Waals surface area contributed by atoms with Gasteiger partial charge >= 0.3 is 0 Å². The molecule has 6 bridgehead atoms. The minimum Gasteiger partial charge on any atom is -0.439 e. The van der Waals surface area contributed by atoms with Gasteiger partial charge in [-0.2, -0.15) is 4.98 Å². The predicted octanol–water partition coefficient (Wildman–Crippen LogP) is 5.01. The molecule has 2 N–H and O–H groups in total. The van der Waals surface area contributed by atoms with E-state index in [1.165, 1.54) is 12.1 Å². The molecule has 0 unspecified atom stereocenters. The number of hydrogen-bond acceptors (Lipinski definition) is 7. The van der Waals surface area contributed by atoms with Gasteiger partial charge in [-0.1, -0.05) is 43.3 Å². The van der Waals surface area contributed by atoms with Crippen LogP contribution in [-0.2, 0) is 27.8 Å². The number of nitrogens with one attached hydrogen (secondary N) is 2. The summed E-state index contributed by atoms with van der Waals surface area (Å²) in [6.45, 7) is 2.27. The van der Waals surface area contributed by atoms with Crippen molar-refractivity contribution in [1.29, 1.82) is 0 Å². The van der Waals surface area contributed by atoms with E-state index in [-0.39, 0.29) is 16.7 Å². The van der Waals surface area contributed by atoms with Crippen molar-refractivity contribution in [3.8, 4) is 22.9 Å². The smallest absolute Gasteiger partial charge is 0.264 e. The van der Waals surface area contributed by atoms with Gasteiger partial charge in [0.1, 0.15) is 5.75 Å². The summed E-state index contributed by atoms with van der Waals surface area (Å²) in [6.07, 6.45) is 0.501. The summed E-state index contributed by atoms with van der Waals surface area (Å²) in [5, 5.41) is 2.73. The molecule has 0 spiro atoms. The van der Waals surface area contributed by atoms with Crippen LogP contribution >= 0.6 is 0 Å². The van der Waals surface area contributed by atoms with Gasteiger partial charge in [-0.25, -0.2) is 18.1 Å². The normalized spacial score (nSPS) is 14.1. The number of carbonyl (C=O) groups is 1. The molecule has 0 saturated heterocycles. The van der Waals surface area contributed by atoms with Crippen LogP contribution in [0.4, 0.5) is 11.6 Å². The van der Waals surface area contributed by atoms with E-state index < -0.39 is 15.9 Å². The first-order valence-corrected chi connectivity index (χ1v) is 13.1. The Kier molecular flexibility index (Phi) is 6.60. The van der Waals surface area contributed by atoms with Gasteiger partial charge in [0.15, 0.2) is 0 Å². The lowest BCUT2D eigenvalue weighted by molar-refractivity contribution is 0.102. The summed E-state index contributed by atoms with van der Waals surface area (Å²) in [7, 11) is -2.49. The van der Waals surface area contributed by atoms with Gasteiger partial charge in [-0.3, -0.25) is 4.79 Å². The van der Waals surface area contributed by atoms with Gasteiger partial charge in [-0.15, -0.1) is 0 Å². The van der Waals surface area contributed by atoms with Gasteiger partial charge in [0.25, 0.3) is 15.9 Å². The van der Waals surface area contributed by atoms with Crippen molar-refractivity contribution in [2.75, 3.05) is 17.1 Å². The lowest BCUT2D eigenvalue weighted by Crippen LogP contribution is -2.18. The van der Waals surface area contributed by atoms with Gasteiger partial charge in [-0.05, 0) is 48.4 Å². The van der Waals surface area contributed by atoms with Crippen LogP contribution in [0.3, 0.4) is 0 Å². The number of fused-ring (bicyclic) bond motifs is 6. The van der Waals surface area contributed by atoms with E-state index in [2.05, 4.69) is 20.0 Å². The van der Waals surface area contributed by atoms with Crippen LogP contribution in [0.2, 0.25) is 0 Å². The average Bonchev–Trinajstić information content (AvgIpc) is 2.89. The second-order valence-corrected chi connectivity index (χ2v) is 10.0. The third-order valence-electron chi connectivity index (χ3n) is 5.83. The molecule has 37 heavy (non-hydrogen) atoms. The van der Waals surface area contributed by atoms with Crippen molar-refractivity contribution in [2.24, 2.45) is 0 Å². The summed E-state index contributed by atoms with van der Waals surface area (Å²) < 4.78 is 40.6. The molecule has 0 fully saturated rings. The van der Waals surface area contributed by atoms with Crippen LogP contribution in [0.25, 0.3) is 11.3 Å². The number of aromatic nitrogens is 2. The summed E-state index contributed by atoms with van der Waals surface area (Å²) in [5.74, 6) is 0.00736. The predicted molar refractivity (Wildman–Crippen MR) is 139 cm³/mol. The summed E-state index contributed by atoms with van der Waals surface area (Å²) in [6, 6.07) is 20.2. The number of sulfonamides is 1. The van der Waals surface area contributed by atoms with Crippen molar-refractivity contribution in [3.05, 3.63) is 89.5 Å². The Balaban J connectivity index is 1.76. The van der Waals surface area contributed by atoms with Crippen molar-refractivity contribution in [3.63, 3.8) is 0 Å². The fraction of sp³-hybridized carbons (Fsp3) is 0.148. The van der Waals surface area contributed by atoms with Crippen molar-refractivity contribution >= 4 is 27.6 Å². The molecule has 3 aromatic carbocycles. The molecule has 1 aliphatic heterocycles. The van der Waals surface area contributed by atoms with Gasteiger partial charge in [0, 0.05) is 29.5 Å². The number of benzene rings is 3. The fourth-order valence-electron chi connectivity index (χ4n) is 4.10. The third-order valence-corrected chi connectivity index (χ3v) is 7.16. The van der Waals surface area contributed by atoms with Crippen molar-refractivity contribution < 1.29 is 22.7 Å². The molecule has 1 amide bonds. The Morgan fingerprint density at radius 1 is 0.973 bits per heavy atom. The monoisotopic (exact) mass is 516 g/mol. The molecule has 1 aliphatic rings. The lowest BCUT2D eigenvalue weighted by Gasteiger charge is -2.18. The zero-order valence-electron chi connectivity index (χ0n) is 20.2. The first-order valence-electron chi connectivity index (χ1n) is 11.6. The molecular weight excluding hydrogens is 492 g/mol. The van der Waals surface area contributed by atoms with Crippen LogP contribution in [-0.4, -0.2) is 31.4 Å². The highest BCUT2D eigenvalue weighted by atomic mass is 32.2. The minimum absolute atomic E-state index is 0.0527. The standard InChI is InChI=1S/C27H24N4O5S/c1-3-22-24(23-13-5-4-8-18(23)16-35-2)29-27-30-26(22)36-20-11-6-9-17(14-20)25(32)28-19-10-7-12-21(15-19)37(33,34)31-27/h4-15H,3,16H2,1-2H3,(H,28,32)(H,29,30,31). The Morgan fingerprint density at radius 3 is 2.59 bits per heavy atom. The third kappa shape index (κ3) is 5.02.